The second-order valence-electron chi connectivity index (χ2n) is 9.16. The Labute approximate surface area is 212 Å². The van der Waals surface area contributed by atoms with E-state index in [-0.39, 0.29) is 6.04 Å². The maximum atomic E-state index is 12.2. The Kier molecular flexibility index (Phi) is 7.46. The molecule has 0 unspecified atom stereocenters. The molecular formula is C25H31N5O5S. The van der Waals surface area contributed by atoms with Crippen molar-refractivity contribution < 1.29 is 23.4 Å². The van der Waals surface area contributed by atoms with Crippen molar-refractivity contribution in [1.29, 1.82) is 0 Å². The molecule has 0 spiro atoms. The minimum absolute atomic E-state index is 0.0970. The van der Waals surface area contributed by atoms with Crippen LogP contribution in [0, 0.1) is 0 Å². The molecule has 3 heterocycles. The monoisotopic (exact) mass is 513 g/mol. The van der Waals surface area contributed by atoms with E-state index >= 15 is 0 Å². The van der Waals surface area contributed by atoms with Gasteiger partial charge in [0.1, 0.15) is 17.4 Å². The van der Waals surface area contributed by atoms with Crippen molar-refractivity contribution in [2.75, 3.05) is 36.2 Å². The van der Waals surface area contributed by atoms with Gasteiger partial charge in [-0.05, 0) is 45.0 Å². The Morgan fingerprint density at radius 2 is 1.94 bits per heavy atom. The quantitative estimate of drug-likeness (QED) is 0.417. The molecule has 1 aliphatic rings. The third kappa shape index (κ3) is 5.76. The SMILES string of the molecule is C[C@H]1COCCN1c1cc(C(C)(C)S(C)(O)O)nc(-c2ccc(NC(=O)Oc3ccccc3)nc2)n1. The maximum Gasteiger partial charge on any atom is 0.418 e. The van der Waals surface area contributed by atoms with E-state index in [0.29, 0.717) is 54.2 Å². The van der Waals surface area contributed by atoms with Gasteiger partial charge in [0, 0.05) is 30.6 Å². The number of rotatable bonds is 6. The first kappa shape index (κ1) is 25.8. The fourth-order valence-electron chi connectivity index (χ4n) is 3.61. The highest BCUT2D eigenvalue weighted by Gasteiger charge is 2.35. The van der Waals surface area contributed by atoms with Crippen LogP contribution in [0.3, 0.4) is 0 Å². The minimum atomic E-state index is -2.97. The van der Waals surface area contributed by atoms with Crippen LogP contribution in [0.5, 0.6) is 5.75 Å². The number of ether oxygens (including phenoxy) is 2. The number of nitrogens with zero attached hydrogens (tertiary/aromatic N) is 4. The van der Waals surface area contributed by atoms with E-state index in [1.807, 2.05) is 12.1 Å². The Hall–Kier alpha value is -3.25. The Morgan fingerprint density at radius 1 is 1.19 bits per heavy atom. The van der Waals surface area contributed by atoms with E-state index in [4.69, 9.17) is 14.5 Å². The van der Waals surface area contributed by atoms with Crippen LogP contribution in [-0.2, 0) is 9.48 Å². The molecule has 3 N–H and O–H groups in total. The topological polar surface area (TPSA) is 130 Å². The number of carbonyl (C=O) groups is 1. The lowest BCUT2D eigenvalue weighted by Crippen LogP contribution is -2.44. The summed E-state index contributed by atoms with van der Waals surface area (Å²) in [5.41, 5.74) is 1.13. The largest absolute Gasteiger partial charge is 0.418 e. The first-order valence-electron chi connectivity index (χ1n) is 11.5. The van der Waals surface area contributed by atoms with Gasteiger partial charge in [0.05, 0.1) is 29.7 Å². The van der Waals surface area contributed by atoms with Crippen LogP contribution in [0.1, 0.15) is 26.5 Å². The highest BCUT2D eigenvalue weighted by molar-refractivity contribution is 8.24. The number of hydrogen-bond donors (Lipinski definition) is 3. The molecule has 0 radical (unpaired) electrons. The van der Waals surface area contributed by atoms with Gasteiger partial charge in [0.15, 0.2) is 5.82 Å². The molecule has 1 aromatic carbocycles. The zero-order valence-electron chi connectivity index (χ0n) is 20.7. The smallest absolute Gasteiger partial charge is 0.410 e. The van der Waals surface area contributed by atoms with Gasteiger partial charge in [-0.15, -0.1) is 0 Å². The van der Waals surface area contributed by atoms with Crippen LogP contribution in [0.2, 0.25) is 0 Å². The number of nitrogens with one attached hydrogen (secondary N) is 1. The Bertz CT molecular complexity index is 1200. The van der Waals surface area contributed by atoms with Crippen LogP contribution >= 0.6 is 10.6 Å². The van der Waals surface area contributed by atoms with E-state index in [2.05, 4.69) is 27.1 Å². The fourth-order valence-corrected chi connectivity index (χ4v) is 4.11. The molecular weight excluding hydrogens is 482 g/mol. The second kappa shape index (κ2) is 10.4. The van der Waals surface area contributed by atoms with Crippen molar-refractivity contribution in [2.24, 2.45) is 0 Å². The van der Waals surface area contributed by atoms with Gasteiger partial charge in [0.2, 0.25) is 0 Å². The summed E-state index contributed by atoms with van der Waals surface area (Å²) in [5.74, 6) is 1.80. The van der Waals surface area contributed by atoms with Crippen LogP contribution in [0.4, 0.5) is 16.4 Å². The van der Waals surface area contributed by atoms with E-state index in [0.717, 1.165) is 0 Å². The third-order valence-corrected chi connectivity index (χ3v) is 8.31. The number of aromatic nitrogens is 3. The fraction of sp³-hybridized carbons (Fsp3) is 0.360. The van der Waals surface area contributed by atoms with Gasteiger partial charge in [-0.3, -0.25) is 14.4 Å². The predicted molar refractivity (Wildman–Crippen MR) is 141 cm³/mol. The van der Waals surface area contributed by atoms with Crippen molar-refractivity contribution in [3.8, 4) is 17.1 Å². The molecule has 2 aromatic heterocycles. The lowest BCUT2D eigenvalue weighted by atomic mass is 10.1. The lowest BCUT2D eigenvalue weighted by Gasteiger charge is -2.43. The summed E-state index contributed by atoms with van der Waals surface area (Å²) in [4.78, 5) is 28.1. The Morgan fingerprint density at radius 3 is 2.58 bits per heavy atom. The third-order valence-electron chi connectivity index (χ3n) is 6.16. The number of anilines is 2. The van der Waals surface area contributed by atoms with E-state index < -0.39 is 21.4 Å². The summed E-state index contributed by atoms with van der Waals surface area (Å²) in [6.45, 7) is 7.36. The van der Waals surface area contributed by atoms with Gasteiger partial charge in [-0.1, -0.05) is 18.2 Å². The molecule has 10 nitrogen and oxygen atoms in total. The number of hydrogen-bond acceptors (Lipinski definition) is 9. The predicted octanol–water partition coefficient (Wildman–Crippen LogP) is 4.99. The normalized spacial score (nSPS) is 16.9. The van der Waals surface area contributed by atoms with Crippen LogP contribution in [0.25, 0.3) is 11.4 Å². The molecule has 0 bridgehead atoms. The highest BCUT2D eigenvalue weighted by Crippen LogP contribution is 2.55. The molecule has 36 heavy (non-hydrogen) atoms. The molecule has 1 amide bonds. The van der Waals surface area contributed by atoms with Crippen molar-refractivity contribution in [2.45, 2.75) is 31.6 Å². The van der Waals surface area contributed by atoms with Gasteiger partial charge >= 0.3 is 6.09 Å². The summed E-state index contributed by atoms with van der Waals surface area (Å²) >= 11 is 0. The Balaban J connectivity index is 1.62. The van der Waals surface area contributed by atoms with Crippen molar-refractivity contribution >= 4 is 28.3 Å². The summed E-state index contributed by atoms with van der Waals surface area (Å²) in [6.07, 6.45) is 2.32. The summed E-state index contributed by atoms with van der Waals surface area (Å²) in [7, 11) is -2.97. The number of amides is 1. The molecule has 1 saturated heterocycles. The number of benzene rings is 1. The molecule has 4 rings (SSSR count). The molecule has 192 valence electrons. The molecule has 0 saturated carbocycles. The molecule has 0 aliphatic carbocycles. The summed E-state index contributed by atoms with van der Waals surface area (Å²) < 4.78 is 30.8. The molecule has 3 aromatic rings. The average molecular weight is 514 g/mol. The molecule has 1 aliphatic heterocycles. The number of para-hydroxylation sites is 1. The van der Waals surface area contributed by atoms with E-state index in [1.54, 1.807) is 56.4 Å². The van der Waals surface area contributed by atoms with Crippen LogP contribution < -0.4 is 15.0 Å². The number of pyridine rings is 1. The standard InChI is InChI=1S/C25H31N5O5S/c1-17-16-34-13-12-30(17)22-14-20(25(2,3)36(4,32)33)27-23(29-22)18-10-11-21(26-15-18)28-24(31)35-19-8-6-5-7-9-19/h5-11,14-15,17,32-33H,12-13,16H2,1-4H3,(H,26,28,31)/t17-/m0/s1. The number of carbonyl (C=O) groups excluding carboxylic acids is 1. The van der Waals surface area contributed by atoms with Crippen LogP contribution in [0.15, 0.2) is 54.7 Å². The first-order chi connectivity index (χ1) is 17.0. The highest BCUT2D eigenvalue weighted by atomic mass is 32.3. The summed E-state index contributed by atoms with van der Waals surface area (Å²) in [6, 6.07) is 14.0. The number of morpholine rings is 1. The summed E-state index contributed by atoms with van der Waals surface area (Å²) in [5, 5.41) is 2.60. The molecule has 11 heteroatoms. The van der Waals surface area contributed by atoms with Gasteiger partial charge in [-0.25, -0.2) is 19.7 Å². The van der Waals surface area contributed by atoms with Crippen molar-refractivity contribution in [3.63, 3.8) is 0 Å². The van der Waals surface area contributed by atoms with Gasteiger partial charge in [-0.2, -0.15) is 10.6 Å². The second-order valence-corrected chi connectivity index (χ2v) is 11.8. The van der Waals surface area contributed by atoms with E-state index in [9.17, 15) is 13.9 Å². The zero-order valence-corrected chi connectivity index (χ0v) is 21.5. The zero-order chi connectivity index (χ0) is 25.9. The van der Waals surface area contributed by atoms with Crippen molar-refractivity contribution in [1.82, 2.24) is 15.0 Å². The molecule has 1 fully saturated rings. The molecule has 1 atom stereocenters. The van der Waals surface area contributed by atoms with Gasteiger partial charge < -0.3 is 14.4 Å². The van der Waals surface area contributed by atoms with E-state index in [1.165, 1.54) is 6.26 Å². The van der Waals surface area contributed by atoms with Crippen LogP contribution in [-0.4, -0.2) is 62.2 Å². The first-order valence-corrected chi connectivity index (χ1v) is 13.5. The van der Waals surface area contributed by atoms with Gasteiger partial charge in [0.25, 0.3) is 0 Å². The average Bonchev–Trinajstić information content (AvgIpc) is 2.84. The van der Waals surface area contributed by atoms with Crippen molar-refractivity contribution in [3.05, 3.63) is 60.4 Å². The lowest BCUT2D eigenvalue weighted by molar-refractivity contribution is 0.0985. The minimum Gasteiger partial charge on any atom is -0.410 e. The maximum absolute atomic E-state index is 12.2.